The van der Waals surface area contributed by atoms with Crippen LogP contribution < -0.4 is 10.1 Å². The van der Waals surface area contributed by atoms with Gasteiger partial charge in [-0.05, 0) is 18.6 Å². The SMILES string of the molecule is CCC(NC(=O)/C=C/c1ccccc1OC)c1ncc[nH]1. The summed E-state index contributed by atoms with van der Waals surface area (Å²) >= 11 is 0. The molecule has 1 aromatic heterocycles. The maximum absolute atomic E-state index is 12.0. The van der Waals surface area contributed by atoms with Gasteiger partial charge in [0.05, 0.1) is 13.2 Å². The summed E-state index contributed by atoms with van der Waals surface area (Å²) in [6.07, 6.45) is 7.43. The number of rotatable bonds is 6. The Kier molecular flexibility index (Phi) is 5.15. The molecular weight excluding hydrogens is 266 g/mol. The summed E-state index contributed by atoms with van der Waals surface area (Å²) in [4.78, 5) is 19.2. The Hall–Kier alpha value is -2.56. The number of ether oxygens (including phenoxy) is 1. The largest absolute Gasteiger partial charge is 0.496 e. The number of aromatic nitrogens is 2. The summed E-state index contributed by atoms with van der Waals surface area (Å²) in [6, 6.07) is 7.43. The lowest BCUT2D eigenvalue weighted by atomic mass is 10.1. The van der Waals surface area contributed by atoms with Crippen LogP contribution >= 0.6 is 0 Å². The summed E-state index contributed by atoms with van der Waals surface area (Å²) < 4.78 is 5.24. The number of carbonyl (C=O) groups excluding carboxylic acids is 1. The first-order valence-electron chi connectivity index (χ1n) is 6.85. The number of para-hydroxylation sites is 1. The summed E-state index contributed by atoms with van der Waals surface area (Å²) in [5.74, 6) is 1.33. The minimum atomic E-state index is -0.163. The van der Waals surface area contributed by atoms with Crippen LogP contribution in [0.1, 0.15) is 30.8 Å². The number of methoxy groups -OCH3 is 1. The molecule has 2 rings (SSSR count). The number of nitrogens with one attached hydrogen (secondary N) is 2. The van der Waals surface area contributed by atoms with Crippen LogP contribution in [0.25, 0.3) is 6.08 Å². The number of hydrogen-bond acceptors (Lipinski definition) is 3. The fraction of sp³-hybridized carbons (Fsp3) is 0.250. The van der Waals surface area contributed by atoms with E-state index in [0.717, 1.165) is 23.6 Å². The Labute approximate surface area is 124 Å². The zero-order chi connectivity index (χ0) is 15.1. The highest BCUT2D eigenvalue weighted by atomic mass is 16.5. The molecule has 0 aliphatic heterocycles. The molecule has 1 amide bonds. The monoisotopic (exact) mass is 285 g/mol. The van der Waals surface area contributed by atoms with Gasteiger partial charge in [0.15, 0.2) is 0 Å². The van der Waals surface area contributed by atoms with Crippen molar-refractivity contribution in [3.05, 3.63) is 54.1 Å². The van der Waals surface area contributed by atoms with E-state index in [0.29, 0.717) is 0 Å². The number of aromatic amines is 1. The summed E-state index contributed by atoms with van der Waals surface area (Å²) in [7, 11) is 1.61. The van der Waals surface area contributed by atoms with Crippen molar-refractivity contribution in [3.63, 3.8) is 0 Å². The third-order valence-corrected chi connectivity index (χ3v) is 3.13. The predicted molar refractivity (Wildman–Crippen MR) is 81.8 cm³/mol. The normalized spacial score (nSPS) is 12.3. The number of hydrogen-bond donors (Lipinski definition) is 2. The first-order chi connectivity index (χ1) is 10.2. The minimum Gasteiger partial charge on any atom is -0.496 e. The molecule has 1 heterocycles. The lowest BCUT2D eigenvalue weighted by Gasteiger charge is -2.13. The van der Waals surface area contributed by atoms with Gasteiger partial charge in [-0.2, -0.15) is 0 Å². The van der Waals surface area contributed by atoms with Crippen molar-refractivity contribution < 1.29 is 9.53 Å². The first-order valence-corrected chi connectivity index (χ1v) is 6.85. The van der Waals surface area contributed by atoms with E-state index < -0.39 is 0 Å². The number of imidazole rings is 1. The van der Waals surface area contributed by atoms with Crippen molar-refractivity contribution in [1.29, 1.82) is 0 Å². The zero-order valence-electron chi connectivity index (χ0n) is 12.2. The third kappa shape index (κ3) is 3.95. The second-order valence-corrected chi connectivity index (χ2v) is 4.52. The Morgan fingerprint density at radius 2 is 2.29 bits per heavy atom. The van der Waals surface area contributed by atoms with Crippen LogP contribution in [0.4, 0.5) is 0 Å². The quantitative estimate of drug-likeness (QED) is 0.802. The van der Waals surface area contributed by atoms with Gasteiger partial charge in [0.2, 0.25) is 5.91 Å². The molecule has 0 saturated carbocycles. The van der Waals surface area contributed by atoms with E-state index in [2.05, 4.69) is 15.3 Å². The molecule has 5 nitrogen and oxygen atoms in total. The third-order valence-electron chi connectivity index (χ3n) is 3.13. The molecule has 2 aromatic rings. The minimum absolute atomic E-state index is 0.116. The van der Waals surface area contributed by atoms with Crippen molar-refractivity contribution >= 4 is 12.0 Å². The van der Waals surface area contributed by atoms with Crippen LogP contribution in [-0.4, -0.2) is 23.0 Å². The van der Waals surface area contributed by atoms with Crippen LogP contribution in [0.3, 0.4) is 0 Å². The highest BCUT2D eigenvalue weighted by Gasteiger charge is 2.12. The van der Waals surface area contributed by atoms with Gasteiger partial charge in [-0.3, -0.25) is 4.79 Å². The van der Waals surface area contributed by atoms with Crippen LogP contribution in [-0.2, 0) is 4.79 Å². The molecule has 1 aromatic carbocycles. The van der Waals surface area contributed by atoms with E-state index >= 15 is 0 Å². The standard InChI is InChI=1S/C16H19N3O2/c1-3-13(16-17-10-11-18-16)19-15(20)9-8-12-6-4-5-7-14(12)21-2/h4-11,13H,3H2,1-2H3,(H,17,18)(H,19,20)/b9-8+. The van der Waals surface area contributed by atoms with E-state index in [1.165, 1.54) is 6.08 Å². The highest BCUT2D eigenvalue weighted by Crippen LogP contribution is 2.18. The van der Waals surface area contributed by atoms with Gasteiger partial charge in [-0.15, -0.1) is 0 Å². The maximum atomic E-state index is 12.0. The van der Waals surface area contributed by atoms with Crippen LogP contribution in [0.15, 0.2) is 42.7 Å². The molecule has 2 N–H and O–H groups in total. The first kappa shape index (κ1) is 14.8. The molecule has 5 heteroatoms. The predicted octanol–water partition coefficient (Wildman–Crippen LogP) is 2.70. The van der Waals surface area contributed by atoms with E-state index in [-0.39, 0.29) is 11.9 Å². The Morgan fingerprint density at radius 1 is 1.48 bits per heavy atom. The smallest absolute Gasteiger partial charge is 0.244 e. The summed E-state index contributed by atoms with van der Waals surface area (Å²) in [5, 5.41) is 2.92. The molecule has 1 unspecified atom stereocenters. The molecular formula is C16H19N3O2. The van der Waals surface area contributed by atoms with Gasteiger partial charge in [-0.25, -0.2) is 4.98 Å². The number of nitrogens with zero attached hydrogens (tertiary/aromatic N) is 1. The maximum Gasteiger partial charge on any atom is 0.244 e. The van der Waals surface area contributed by atoms with Gasteiger partial charge in [0.1, 0.15) is 11.6 Å². The van der Waals surface area contributed by atoms with Crippen molar-refractivity contribution in [2.75, 3.05) is 7.11 Å². The summed E-state index contributed by atoms with van der Waals surface area (Å²) in [6.45, 7) is 2.00. The molecule has 0 aliphatic carbocycles. The lowest BCUT2D eigenvalue weighted by molar-refractivity contribution is -0.117. The van der Waals surface area contributed by atoms with Crippen molar-refractivity contribution in [3.8, 4) is 5.75 Å². The highest BCUT2D eigenvalue weighted by molar-refractivity contribution is 5.92. The molecule has 0 bridgehead atoms. The fourth-order valence-electron chi connectivity index (χ4n) is 2.02. The van der Waals surface area contributed by atoms with Gasteiger partial charge < -0.3 is 15.0 Å². The second-order valence-electron chi connectivity index (χ2n) is 4.52. The van der Waals surface area contributed by atoms with Gasteiger partial charge in [-0.1, -0.05) is 25.1 Å². The van der Waals surface area contributed by atoms with E-state index in [1.807, 2.05) is 31.2 Å². The van der Waals surface area contributed by atoms with Gasteiger partial charge in [0, 0.05) is 24.0 Å². The molecule has 0 fully saturated rings. The Balaban J connectivity index is 2.02. The number of amides is 1. The van der Waals surface area contributed by atoms with E-state index in [1.54, 1.807) is 25.6 Å². The Morgan fingerprint density at radius 3 is 2.95 bits per heavy atom. The molecule has 110 valence electrons. The average molecular weight is 285 g/mol. The molecule has 0 spiro atoms. The van der Waals surface area contributed by atoms with Crippen molar-refractivity contribution in [2.24, 2.45) is 0 Å². The molecule has 21 heavy (non-hydrogen) atoms. The zero-order valence-corrected chi connectivity index (χ0v) is 12.2. The number of H-pyrrole nitrogens is 1. The molecule has 1 atom stereocenters. The number of carbonyl (C=O) groups is 1. The Bertz CT molecular complexity index is 606. The van der Waals surface area contributed by atoms with Crippen LogP contribution in [0.2, 0.25) is 0 Å². The van der Waals surface area contributed by atoms with E-state index in [9.17, 15) is 4.79 Å². The van der Waals surface area contributed by atoms with Crippen LogP contribution in [0, 0.1) is 0 Å². The molecule has 0 radical (unpaired) electrons. The van der Waals surface area contributed by atoms with Crippen molar-refractivity contribution in [1.82, 2.24) is 15.3 Å². The molecule has 0 aliphatic rings. The number of benzene rings is 1. The van der Waals surface area contributed by atoms with Crippen LogP contribution in [0.5, 0.6) is 5.75 Å². The second kappa shape index (κ2) is 7.28. The molecule has 0 saturated heterocycles. The van der Waals surface area contributed by atoms with Gasteiger partial charge >= 0.3 is 0 Å². The lowest BCUT2D eigenvalue weighted by Crippen LogP contribution is -2.27. The van der Waals surface area contributed by atoms with E-state index in [4.69, 9.17) is 4.74 Å². The average Bonchev–Trinajstić information content (AvgIpc) is 3.05. The topological polar surface area (TPSA) is 67.0 Å². The van der Waals surface area contributed by atoms with Gasteiger partial charge in [0.25, 0.3) is 0 Å². The fourth-order valence-corrected chi connectivity index (χ4v) is 2.02. The van der Waals surface area contributed by atoms with Crippen molar-refractivity contribution in [2.45, 2.75) is 19.4 Å². The summed E-state index contributed by atoms with van der Waals surface area (Å²) in [5.41, 5.74) is 0.862.